The van der Waals surface area contributed by atoms with Gasteiger partial charge < -0.3 is 21.1 Å². The Balaban J connectivity index is 1.38. The molecule has 0 radical (unpaired) electrons. The van der Waals surface area contributed by atoms with E-state index >= 15 is 0 Å². The highest BCUT2D eigenvalue weighted by atomic mass is 32.2. The van der Waals surface area contributed by atoms with Crippen LogP contribution in [0.3, 0.4) is 0 Å². The Bertz CT molecular complexity index is 1990. The summed E-state index contributed by atoms with van der Waals surface area (Å²) in [4.78, 5) is 50.3. The molecule has 4 aromatic rings. The van der Waals surface area contributed by atoms with Crippen LogP contribution in [0.1, 0.15) is 36.8 Å². The van der Waals surface area contributed by atoms with Gasteiger partial charge >= 0.3 is 6.09 Å². The molecule has 6 N–H and O–H groups in total. The van der Waals surface area contributed by atoms with Crippen molar-refractivity contribution in [2.45, 2.75) is 50.0 Å². The van der Waals surface area contributed by atoms with E-state index in [1.165, 1.54) is 14.1 Å². The van der Waals surface area contributed by atoms with Gasteiger partial charge in [-0.25, -0.2) is 17.5 Å². The Kier molecular flexibility index (Phi) is 10.3. The van der Waals surface area contributed by atoms with Crippen molar-refractivity contribution in [1.29, 1.82) is 0 Å². The van der Waals surface area contributed by atoms with Crippen LogP contribution in [0.2, 0.25) is 0 Å². The topological polar surface area (TPSA) is 194 Å². The molecule has 1 aromatic heterocycles. The zero-order chi connectivity index (χ0) is 34.6. The molecule has 1 fully saturated rings. The minimum atomic E-state index is -3.66. The molecule has 3 aromatic carbocycles. The molecule has 0 bridgehead atoms. The van der Waals surface area contributed by atoms with Crippen molar-refractivity contribution in [2.75, 3.05) is 26.0 Å². The fraction of sp³-hybridized carbons (Fsp3) is 0.353. The Morgan fingerprint density at radius 3 is 2.44 bits per heavy atom. The van der Waals surface area contributed by atoms with Gasteiger partial charge in [0.05, 0.1) is 15.8 Å². The minimum absolute atomic E-state index is 0.149. The maximum absolute atomic E-state index is 13.8. The molecule has 3 amide bonds. The highest BCUT2D eigenvalue weighted by Crippen LogP contribution is 2.30. The number of H-pyrrole nitrogens is 2. The third-order valence-corrected chi connectivity index (χ3v) is 10.7. The fourth-order valence-electron chi connectivity index (χ4n) is 6.09. The third-order valence-electron chi connectivity index (χ3n) is 8.90. The SMILES string of the molecule is Cc1ccc(S(=O)(=O)N(C)C)cc1-c1cccc(C[C@H](NC(=O)[C@H]2CC[C@H](CNC(=O)O)CC2)C(=O)Nc2ccc3c(=O)[nH][nH]c3c2)c1. The minimum Gasteiger partial charge on any atom is -0.465 e. The van der Waals surface area contributed by atoms with E-state index in [0.717, 1.165) is 26.6 Å². The van der Waals surface area contributed by atoms with Crippen LogP contribution in [-0.2, 0) is 26.0 Å². The van der Waals surface area contributed by atoms with E-state index in [1.807, 2.05) is 31.2 Å². The van der Waals surface area contributed by atoms with E-state index in [9.17, 15) is 27.6 Å². The lowest BCUT2D eigenvalue weighted by atomic mass is 9.81. The van der Waals surface area contributed by atoms with Gasteiger partial charge in [0.2, 0.25) is 21.8 Å². The summed E-state index contributed by atoms with van der Waals surface area (Å²) in [7, 11) is -0.702. The maximum atomic E-state index is 13.8. The number of benzene rings is 3. The van der Waals surface area contributed by atoms with Crippen molar-refractivity contribution in [2.24, 2.45) is 11.8 Å². The van der Waals surface area contributed by atoms with E-state index < -0.39 is 28.1 Å². The quantitative estimate of drug-likeness (QED) is 0.139. The third kappa shape index (κ3) is 7.94. The Labute approximate surface area is 278 Å². The molecule has 0 aliphatic heterocycles. The average Bonchev–Trinajstić information content (AvgIpc) is 3.43. The maximum Gasteiger partial charge on any atom is 0.404 e. The summed E-state index contributed by atoms with van der Waals surface area (Å²) in [6.07, 6.45) is 1.61. The Hall–Kier alpha value is -4.95. The number of hydrogen-bond acceptors (Lipinski definition) is 6. The van der Waals surface area contributed by atoms with Gasteiger partial charge in [-0.05, 0) is 91.1 Å². The summed E-state index contributed by atoms with van der Waals surface area (Å²) in [5, 5.41) is 22.9. The summed E-state index contributed by atoms with van der Waals surface area (Å²) in [6.45, 7) is 2.23. The van der Waals surface area contributed by atoms with Crippen molar-refractivity contribution >= 4 is 44.5 Å². The van der Waals surface area contributed by atoms with Gasteiger partial charge in [0.25, 0.3) is 5.56 Å². The summed E-state index contributed by atoms with van der Waals surface area (Å²) in [5.41, 5.74) is 3.81. The monoisotopic (exact) mass is 676 g/mol. The highest BCUT2D eigenvalue weighted by molar-refractivity contribution is 7.89. The molecule has 14 heteroatoms. The van der Waals surface area contributed by atoms with Gasteiger partial charge in [-0.1, -0.05) is 30.3 Å². The molecule has 0 spiro atoms. The van der Waals surface area contributed by atoms with Crippen LogP contribution in [0.4, 0.5) is 10.5 Å². The highest BCUT2D eigenvalue weighted by Gasteiger charge is 2.30. The number of carbonyl (C=O) groups excluding carboxylic acids is 2. The number of rotatable bonds is 11. The number of amides is 3. The second-order valence-corrected chi connectivity index (χ2v) is 14.6. The zero-order valence-electron chi connectivity index (χ0n) is 27.0. The van der Waals surface area contributed by atoms with Crippen LogP contribution >= 0.6 is 0 Å². The van der Waals surface area contributed by atoms with Gasteiger partial charge in [-0.3, -0.25) is 24.6 Å². The van der Waals surface area contributed by atoms with Gasteiger partial charge in [0, 0.05) is 38.7 Å². The van der Waals surface area contributed by atoms with Crippen LogP contribution in [0.5, 0.6) is 0 Å². The van der Waals surface area contributed by atoms with E-state index in [2.05, 4.69) is 26.1 Å². The molecule has 48 heavy (non-hydrogen) atoms. The molecule has 1 atom stereocenters. The van der Waals surface area contributed by atoms with E-state index in [-0.39, 0.29) is 34.6 Å². The first kappa shape index (κ1) is 34.4. The van der Waals surface area contributed by atoms with Crippen molar-refractivity contribution < 1.29 is 27.9 Å². The molecular formula is C34H40N6O7S. The lowest BCUT2D eigenvalue weighted by Gasteiger charge is -2.29. The van der Waals surface area contributed by atoms with Crippen molar-refractivity contribution in [1.82, 2.24) is 25.1 Å². The number of anilines is 1. The number of nitrogens with one attached hydrogen (secondary N) is 5. The second-order valence-electron chi connectivity index (χ2n) is 12.5. The number of carbonyl (C=O) groups is 3. The Morgan fingerprint density at radius 1 is 0.979 bits per heavy atom. The molecule has 0 saturated heterocycles. The average molecular weight is 677 g/mol. The molecule has 13 nitrogen and oxygen atoms in total. The van der Waals surface area contributed by atoms with Gasteiger partial charge in [-0.2, -0.15) is 0 Å². The summed E-state index contributed by atoms with van der Waals surface area (Å²) in [6, 6.07) is 16.3. The first-order chi connectivity index (χ1) is 22.8. The molecule has 1 aliphatic carbocycles. The van der Waals surface area contributed by atoms with E-state index in [1.54, 1.807) is 36.4 Å². The van der Waals surface area contributed by atoms with Crippen LogP contribution in [0.15, 0.2) is 70.4 Å². The summed E-state index contributed by atoms with van der Waals surface area (Å²) in [5.74, 6) is -0.867. The second kappa shape index (κ2) is 14.4. The first-order valence-electron chi connectivity index (χ1n) is 15.7. The predicted molar refractivity (Wildman–Crippen MR) is 182 cm³/mol. The number of aryl methyl sites for hydroxylation is 1. The van der Waals surface area contributed by atoms with Crippen LogP contribution in [0, 0.1) is 18.8 Å². The van der Waals surface area contributed by atoms with Crippen molar-refractivity contribution in [3.05, 3.63) is 82.1 Å². The molecular weight excluding hydrogens is 636 g/mol. The summed E-state index contributed by atoms with van der Waals surface area (Å²) < 4.78 is 26.8. The van der Waals surface area contributed by atoms with Crippen LogP contribution < -0.4 is 21.5 Å². The lowest BCUT2D eigenvalue weighted by Crippen LogP contribution is -2.48. The van der Waals surface area contributed by atoms with Gasteiger partial charge in [-0.15, -0.1) is 0 Å². The number of nitrogens with zero attached hydrogens (tertiary/aromatic N) is 1. The number of sulfonamides is 1. The zero-order valence-corrected chi connectivity index (χ0v) is 27.8. The smallest absolute Gasteiger partial charge is 0.404 e. The molecule has 0 unspecified atom stereocenters. The number of aromatic amines is 2. The van der Waals surface area contributed by atoms with E-state index in [0.29, 0.717) is 48.8 Å². The van der Waals surface area contributed by atoms with Gasteiger partial charge in [0.15, 0.2) is 0 Å². The van der Waals surface area contributed by atoms with Crippen molar-refractivity contribution in [3.8, 4) is 11.1 Å². The largest absolute Gasteiger partial charge is 0.465 e. The number of carboxylic acid groups (broad SMARTS) is 1. The lowest BCUT2D eigenvalue weighted by molar-refractivity contribution is -0.130. The number of hydrogen-bond donors (Lipinski definition) is 6. The molecule has 5 rings (SSSR count). The van der Waals surface area contributed by atoms with Gasteiger partial charge in [0.1, 0.15) is 6.04 Å². The first-order valence-corrected chi connectivity index (χ1v) is 17.2. The number of aromatic nitrogens is 2. The standard InChI is InChI=1S/C34H40N6O7S/c1-20-7-13-26(48(46,47)40(2)3)18-28(20)24-6-4-5-22(15-24)16-30(33(43)36-25-12-14-27-29(17-25)38-39-32(27)42)37-31(41)23-10-8-21(9-11-23)19-35-34(44)45/h4-7,12-15,17-18,21,23,30,35H,8-11,16,19H2,1-3H3,(H,36,43)(H,37,41)(H,44,45)(H2,38,39,42)/t21-,23-,30-/m0/s1. The molecule has 1 aliphatic rings. The van der Waals surface area contributed by atoms with Crippen molar-refractivity contribution in [3.63, 3.8) is 0 Å². The van der Waals surface area contributed by atoms with Crippen LogP contribution in [0.25, 0.3) is 22.0 Å². The summed E-state index contributed by atoms with van der Waals surface area (Å²) >= 11 is 0. The fourth-order valence-corrected chi connectivity index (χ4v) is 7.02. The Morgan fingerprint density at radius 2 is 1.73 bits per heavy atom. The number of fused-ring (bicyclic) bond motifs is 1. The predicted octanol–water partition coefficient (Wildman–Crippen LogP) is 3.82. The molecule has 254 valence electrons. The molecule has 1 heterocycles. The van der Waals surface area contributed by atoms with E-state index in [4.69, 9.17) is 5.11 Å². The normalized spacial score (nSPS) is 17.2. The van der Waals surface area contributed by atoms with Crippen LogP contribution in [-0.4, -0.2) is 72.6 Å². The molecule has 1 saturated carbocycles.